The highest BCUT2D eigenvalue weighted by Gasteiger charge is 2.27. The minimum Gasteiger partial charge on any atom is -0.478 e. The van der Waals surface area contributed by atoms with Crippen LogP contribution in [0.1, 0.15) is 43.0 Å². The second kappa shape index (κ2) is 7.22. The Morgan fingerprint density at radius 2 is 1.76 bits per heavy atom. The van der Waals surface area contributed by atoms with Gasteiger partial charge in [-0.25, -0.2) is 4.79 Å². The number of carboxylic acids is 1. The summed E-state index contributed by atoms with van der Waals surface area (Å²) < 4.78 is 10.9. The van der Waals surface area contributed by atoms with Crippen molar-refractivity contribution in [3.8, 4) is 5.75 Å². The molecule has 0 amide bonds. The van der Waals surface area contributed by atoms with Crippen molar-refractivity contribution in [2.75, 3.05) is 6.61 Å². The molecular weight excluding hydrogens is 272 g/mol. The van der Waals surface area contributed by atoms with Gasteiger partial charge in [0.05, 0.1) is 17.6 Å². The first-order valence-corrected chi connectivity index (χ1v) is 7.26. The van der Waals surface area contributed by atoms with Crippen LogP contribution >= 0.6 is 0 Å². The summed E-state index contributed by atoms with van der Waals surface area (Å²) in [4.78, 5) is 22.8. The molecule has 0 heterocycles. The molecule has 0 bridgehead atoms. The van der Waals surface area contributed by atoms with E-state index >= 15 is 0 Å². The van der Waals surface area contributed by atoms with E-state index in [4.69, 9.17) is 14.6 Å². The number of benzene rings is 1. The second-order valence-corrected chi connectivity index (χ2v) is 5.18. The quantitative estimate of drug-likeness (QED) is 0.667. The predicted molar refractivity (Wildman–Crippen MR) is 76.4 cm³/mol. The molecule has 21 heavy (non-hydrogen) atoms. The van der Waals surface area contributed by atoms with Gasteiger partial charge >= 0.3 is 11.9 Å². The van der Waals surface area contributed by atoms with Crippen molar-refractivity contribution in [1.29, 1.82) is 0 Å². The molecule has 1 saturated carbocycles. The molecular formula is C16H20O5. The lowest BCUT2D eigenvalue weighted by atomic mass is 9.87. The molecule has 1 aromatic rings. The molecule has 1 aromatic carbocycles. The first-order valence-electron chi connectivity index (χ1n) is 7.26. The van der Waals surface area contributed by atoms with Crippen LogP contribution < -0.4 is 4.74 Å². The van der Waals surface area contributed by atoms with Crippen LogP contribution in [0.15, 0.2) is 24.3 Å². The van der Waals surface area contributed by atoms with Gasteiger partial charge in [-0.1, -0.05) is 0 Å². The van der Waals surface area contributed by atoms with Crippen molar-refractivity contribution in [3.05, 3.63) is 29.8 Å². The monoisotopic (exact) mass is 292 g/mol. The number of hydrogen-bond acceptors (Lipinski definition) is 4. The maximum atomic E-state index is 12.1. The average molecular weight is 292 g/mol. The van der Waals surface area contributed by atoms with Crippen LogP contribution in [0.5, 0.6) is 5.75 Å². The van der Waals surface area contributed by atoms with E-state index in [9.17, 15) is 9.59 Å². The number of carbonyl (C=O) groups is 2. The minimum atomic E-state index is -0.998. The van der Waals surface area contributed by atoms with Crippen molar-refractivity contribution in [2.24, 2.45) is 5.92 Å². The van der Waals surface area contributed by atoms with E-state index in [1.54, 1.807) is 0 Å². The van der Waals surface area contributed by atoms with E-state index in [1.165, 1.54) is 24.3 Å². The molecule has 5 heteroatoms. The maximum absolute atomic E-state index is 12.1. The second-order valence-electron chi connectivity index (χ2n) is 5.18. The van der Waals surface area contributed by atoms with Gasteiger partial charge < -0.3 is 14.6 Å². The summed E-state index contributed by atoms with van der Waals surface area (Å²) in [6, 6.07) is 5.87. The van der Waals surface area contributed by atoms with Gasteiger partial charge in [0.1, 0.15) is 5.75 Å². The molecule has 2 rings (SSSR count). The number of rotatable bonds is 5. The van der Waals surface area contributed by atoms with E-state index in [0.717, 1.165) is 25.7 Å². The van der Waals surface area contributed by atoms with E-state index in [2.05, 4.69) is 0 Å². The largest absolute Gasteiger partial charge is 0.478 e. The number of carboxylic acid groups (broad SMARTS) is 1. The Bertz CT molecular complexity index is 486. The third-order valence-electron chi connectivity index (χ3n) is 3.73. The lowest BCUT2D eigenvalue weighted by Gasteiger charge is -2.26. The van der Waals surface area contributed by atoms with Crippen LogP contribution in [0.4, 0.5) is 0 Å². The van der Waals surface area contributed by atoms with Crippen LogP contribution in [-0.2, 0) is 9.53 Å². The number of hydrogen-bond donors (Lipinski definition) is 1. The van der Waals surface area contributed by atoms with Crippen molar-refractivity contribution in [3.63, 3.8) is 0 Å². The summed E-state index contributed by atoms with van der Waals surface area (Å²) in [5.74, 6) is -0.951. The molecule has 0 spiro atoms. The fourth-order valence-electron chi connectivity index (χ4n) is 2.57. The number of esters is 1. The molecule has 114 valence electrons. The van der Waals surface area contributed by atoms with E-state index < -0.39 is 5.97 Å². The number of ether oxygens (including phenoxy) is 2. The smallest absolute Gasteiger partial charge is 0.335 e. The lowest BCUT2D eigenvalue weighted by Crippen LogP contribution is -2.28. The zero-order chi connectivity index (χ0) is 15.2. The SMILES string of the molecule is CCOC1CCC(C(=O)Oc2ccc(C(=O)O)cc2)CC1. The van der Waals surface area contributed by atoms with Crippen molar-refractivity contribution >= 4 is 11.9 Å². The Labute approximate surface area is 123 Å². The highest BCUT2D eigenvalue weighted by atomic mass is 16.5. The van der Waals surface area contributed by atoms with Crippen LogP contribution in [0, 0.1) is 5.92 Å². The minimum absolute atomic E-state index is 0.0964. The lowest BCUT2D eigenvalue weighted by molar-refractivity contribution is -0.141. The predicted octanol–water partition coefficient (Wildman–Crippen LogP) is 2.89. The molecule has 0 unspecified atom stereocenters. The molecule has 0 atom stereocenters. The van der Waals surface area contributed by atoms with Crippen LogP contribution in [-0.4, -0.2) is 29.8 Å². The van der Waals surface area contributed by atoms with Gasteiger partial charge in [-0.15, -0.1) is 0 Å². The van der Waals surface area contributed by atoms with Gasteiger partial charge in [-0.05, 0) is 56.9 Å². The Morgan fingerprint density at radius 1 is 1.14 bits per heavy atom. The summed E-state index contributed by atoms with van der Waals surface area (Å²) in [7, 11) is 0. The fraction of sp³-hybridized carbons (Fsp3) is 0.500. The van der Waals surface area contributed by atoms with E-state index in [1.807, 2.05) is 6.92 Å². The Hall–Kier alpha value is -1.88. The third kappa shape index (κ3) is 4.29. The van der Waals surface area contributed by atoms with Crippen LogP contribution in [0.25, 0.3) is 0 Å². The van der Waals surface area contributed by atoms with E-state index in [0.29, 0.717) is 12.4 Å². The van der Waals surface area contributed by atoms with Gasteiger partial charge in [0, 0.05) is 6.61 Å². The molecule has 0 saturated heterocycles. The van der Waals surface area contributed by atoms with Gasteiger partial charge in [-0.2, -0.15) is 0 Å². The van der Waals surface area contributed by atoms with Crippen molar-refractivity contribution in [2.45, 2.75) is 38.7 Å². The standard InChI is InChI=1S/C16H20O5/c1-2-20-13-7-5-12(6-8-13)16(19)21-14-9-3-11(4-10-14)15(17)18/h3-4,9-10,12-13H,2,5-8H2,1H3,(H,17,18). The highest BCUT2D eigenvalue weighted by molar-refractivity contribution is 5.87. The van der Waals surface area contributed by atoms with Gasteiger partial charge in [0.15, 0.2) is 0 Å². The van der Waals surface area contributed by atoms with Gasteiger partial charge in [0.25, 0.3) is 0 Å². The first-order chi connectivity index (χ1) is 10.1. The topological polar surface area (TPSA) is 72.8 Å². The molecule has 0 aliphatic heterocycles. The summed E-state index contributed by atoms with van der Waals surface area (Å²) in [6.07, 6.45) is 3.57. The van der Waals surface area contributed by atoms with Crippen LogP contribution in [0.2, 0.25) is 0 Å². The molecule has 0 radical (unpaired) electrons. The molecule has 1 aliphatic rings. The summed E-state index contributed by atoms with van der Waals surface area (Å²) >= 11 is 0. The summed E-state index contributed by atoms with van der Waals surface area (Å²) in [5.41, 5.74) is 0.173. The molecule has 0 aromatic heterocycles. The normalized spacial score (nSPS) is 21.8. The van der Waals surface area contributed by atoms with Gasteiger partial charge in [-0.3, -0.25) is 4.79 Å². The Balaban J connectivity index is 1.86. The third-order valence-corrected chi connectivity index (χ3v) is 3.73. The molecule has 1 N–H and O–H groups in total. The van der Waals surface area contributed by atoms with Crippen molar-refractivity contribution < 1.29 is 24.2 Å². The first kappa shape index (κ1) is 15.5. The average Bonchev–Trinajstić information content (AvgIpc) is 2.49. The number of aromatic carboxylic acids is 1. The molecule has 1 aliphatic carbocycles. The summed E-state index contributed by atoms with van der Waals surface area (Å²) in [6.45, 7) is 2.68. The Kier molecular flexibility index (Phi) is 5.33. The zero-order valence-corrected chi connectivity index (χ0v) is 12.1. The highest BCUT2D eigenvalue weighted by Crippen LogP contribution is 2.27. The van der Waals surface area contributed by atoms with Crippen molar-refractivity contribution in [1.82, 2.24) is 0 Å². The maximum Gasteiger partial charge on any atom is 0.335 e. The van der Waals surface area contributed by atoms with Crippen LogP contribution in [0.3, 0.4) is 0 Å². The fourth-order valence-corrected chi connectivity index (χ4v) is 2.57. The molecule has 1 fully saturated rings. The van der Waals surface area contributed by atoms with E-state index in [-0.39, 0.29) is 23.6 Å². The number of carbonyl (C=O) groups excluding carboxylic acids is 1. The zero-order valence-electron chi connectivity index (χ0n) is 12.1. The van der Waals surface area contributed by atoms with Gasteiger partial charge in [0.2, 0.25) is 0 Å². The molecule has 5 nitrogen and oxygen atoms in total. The Morgan fingerprint density at radius 3 is 2.29 bits per heavy atom. The summed E-state index contributed by atoms with van der Waals surface area (Å²) in [5, 5.41) is 8.81.